The maximum absolute atomic E-state index is 5.92. The second kappa shape index (κ2) is 8.68. The summed E-state index contributed by atoms with van der Waals surface area (Å²) in [5, 5.41) is 3.06. The third-order valence-corrected chi connectivity index (χ3v) is 3.28. The van der Waals surface area contributed by atoms with Crippen LogP contribution in [0, 0.1) is 0 Å². The maximum atomic E-state index is 5.92. The third-order valence-electron chi connectivity index (χ3n) is 3.28. The molecule has 0 aliphatic rings. The molecule has 0 saturated heterocycles. The number of rotatable bonds is 7. The molecule has 0 heterocycles. The lowest BCUT2D eigenvalue weighted by atomic mass is 10.1. The highest BCUT2D eigenvalue weighted by Crippen LogP contribution is 2.19. The van der Waals surface area contributed by atoms with Gasteiger partial charge in [-0.2, -0.15) is 0 Å². The minimum Gasteiger partial charge on any atom is -0.497 e. The number of nitrogens with two attached hydrogens (primary N) is 1. The van der Waals surface area contributed by atoms with Crippen LogP contribution in [0.5, 0.6) is 11.5 Å². The average Bonchev–Trinajstić information content (AvgIpc) is 2.57. The van der Waals surface area contributed by atoms with Gasteiger partial charge in [0.25, 0.3) is 0 Å². The van der Waals surface area contributed by atoms with E-state index in [0.29, 0.717) is 19.1 Å². The number of ether oxygens (including phenoxy) is 2. The van der Waals surface area contributed by atoms with Gasteiger partial charge in [0.2, 0.25) is 0 Å². The molecule has 0 amide bonds. The highest BCUT2D eigenvalue weighted by atomic mass is 16.5. The molecule has 3 N–H and O–H groups in total. The molecule has 2 rings (SSSR count). The third kappa shape index (κ3) is 5.21. The molecule has 2 aromatic rings. The number of hydrogen-bond acceptors (Lipinski definition) is 3. The van der Waals surface area contributed by atoms with Crippen LogP contribution in [-0.2, 0) is 6.42 Å². The Hall–Kier alpha value is -2.69. The van der Waals surface area contributed by atoms with Crippen LogP contribution in [0.15, 0.2) is 53.5 Å². The number of para-hydroxylation sites is 1. The highest BCUT2D eigenvalue weighted by Gasteiger charge is 2.02. The van der Waals surface area contributed by atoms with Gasteiger partial charge in [-0.25, -0.2) is 0 Å². The van der Waals surface area contributed by atoms with Gasteiger partial charge in [-0.1, -0.05) is 24.3 Å². The fourth-order valence-corrected chi connectivity index (χ4v) is 2.19. The van der Waals surface area contributed by atoms with E-state index in [0.717, 1.165) is 29.2 Å². The number of nitrogens with one attached hydrogen (secondary N) is 1. The Labute approximate surface area is 137 Å². The Kier molecular flexibility index (Phi) is 6.29. The summed E-state index contributed by atoms with van der Waals surface area (Å²) in [5.74, 6) is 2.06. The van der Waals surface area contributed by atoms with E-state index in [9.17, 15) is 0 Å². The van der Waals surface area contributed by atoms with Crippen molar-refractivity contribution in [2.75, 3.05) is 25.6 Å². The second-order valence-electron chi connectivity index (χ2n) is 4.91. The summed E-state index contributed by atoms with van der Waals surface area (Å²) in [7, 11) is 1.63. The summed E-state index contributed by atoms with van der Waals surface area (Å²) in [6.07, 6.45) is 0.774. The predicted molar refractivity (Wildman–Crippen MR) is 94.4 cm³/mol. The Balaban J connectivity index is 1.92. The van der Waals surface area contributed by atoms with E-state index in [1.807, 2.05) is 55.5 Å². The van der Waals surface area contributed by atoms with Crippen molar-refractivity contribution in [2.24, 2.45) is 10.7 Å². The Morgan fingerprint density at radius 1 is 1.17 bits per heavy atom. The number of methoxy groups -OCH3 is 1. The summed E-state index contributed by atoms with van der Waals surface area (Å²) < 4.78 is 10.8. The molecule has 5 nitrogen and oxygen atoms in total. The molecule has 122 valence electrons. The lowest BCUT2D eigenvalue weighted by molar-refractivity contribution is 0.336. The van der Waals surface area contributed by atoms with Gasteiger partial charge in [0.05, 0.1) is 13.7 Å². The molecule has 0 radical (unpaired) electrons. The smallest absolute Gasteiger partial charge is 0.193 e. The molecular formula is C18H23N3O2. The quantitative estimate of drug-likeness (QED) is 0.609. The molecule has 23 heavy (non-hydrogen) atoms. The van der Waals surface area contributed by atoms with E-state index in [1.54, 1.807) is 7.11 Å². The van der Waals surface area contributed by atoms with Crippen LogP contribution >= 0.6 is 0 Å². The first-order chi connectivity index (χ1) is 11.2. The first kappa shape index (κ1) is 16.7. The van der Waals surface area contributed by atoms with Crippen LogP contribution in [0.2, 0.25) is 0 Å². The van der Waals surface area contributed by atoms with Crippen molar-refractivity contribution in [3.63, 3.8) is 0 Å². The molecular weight excluding hydrogens is 290 g/mol. The van der Waals surface area contributed by atoms with Crippen LogP contribution in [0.3, 0.4) is 0 Å². The van der Waals surface area contributed by atoms with E-state index in [2.05, 4.69) is 10.3 Å². The van der Waals surface area contributed by atoms with Crippen molar-refractivity contribution in [3.05, 3.63) is 54.1 Å². The number of guanidine groups is 1. The Bertz CT molecular complexity index is 656. The van der Waals surface area contributed by atoms with Gasteiger partial charge in [-0.15, -0.1) is 0 Å². The van der Waals surface area contributed by atoms with Crippen LogP contribution < -0.4 is 20.5 Å². The largest absolute Gasteiger partial charge is 0.497 e. The molecule has 0 aliphatic carbocycles. The van der Waals surface area contributed by atoms with Gasteiger partial charge in [-0.05, 0) is 37.1 Å². The monoisotopic (exact) mass is 313 g/mol. The molecule has 0 aromatic heterocycles. The molecule has 0 spiro atoms. The summed E-state index contributed by atoms with van der Waals surface area (Å²) in [6.45, 7) is 3.22. The van der Waals surface area contributed by atoms with Gasteiger partial charge in [0.15, 0.2) is 5.96 Å². The van der Waals surface area contributed by atoms with Crippen molar-refractivity contribution >= 4 is 11.6 Å². The number of hydrogen-bond donors (Lipinski definition) is 2. The van der Waals surface area contributed by atoms with E-state index >= 15 is 0 Å². The van der Waals surface area contributed by atoms with Gasteiger partial charge in [-0.3, -0.25) is 4.99 Å². The molecule has 5 heteroatoms. The van der Waals surface area contributed by atoms with E-state index in [-0.39, 0.29) is 0 Å². The van der Waals surface area contributed by atoms with Crippen molar-refractivity contribution < 1.29 is 9.47 Å². The molecule has 0 saturated carbocycles. The van der Waals surface area contributed by atoms with E-state index < -0.39 is 0 Å². The number of benzene rings is 2. The standard InChI is InChI=1S/C18H23N3O2/c1-3-23-17-10-5-4-7-14(17)11-12-20-18(19)21-15-8-6-9-16(13-15)22-2/h4-10,13H,3,11-12H2,1-2H3,(H3,19,20,21). The molecule has 0 unspecified atom stereocenters. The second-order valence-corrected chi connectivity index (χ2v) is 4.91. The number of anilines is 1. The summed E-state index contributed by atoms with van der Waals surface area (Å²) in [5.41, 5.74) is 7.90. The van der Waals surface area contributed by atoms with Crippen LogP contribution in [0.4, 0.5) is 5.69 Å². The minimum atomic E-state index is 0.382. The van der Waals surface area contributed by atoms with Gasteiger partial charge in [0.1, 0.15) is 11.5 Å². The predicted octanol–water partition coefficient (Wildman–Crippen LogP) is 3.06. The Morgan fingerprint density at radius 2 is 2.00 bits per heavy atom. The molecule has 2 aromatic carbocycles. The highest BCUT2D eigenvalue weighted by molar-refractivity contribution is 5.92. The minimum absolute atomic E-state index is 0.382. The lowest BCUT2D eigenvalue weighted by Gasteiger charge is -2.09. The van der Waals surface area contributed by atoms with E-state index in [1.165, 1.54) is 0 Å². The normalized spacial score (nSPS) is 11.1. The maximum Gasteiger partial charge on any atom is 0.193 e. The fourth-order valence-electron chi connectivity index (χ4n) is 2.19. The fraction of sp³-hybridized carbons (Fsp3) is 0.278. The van der Waals surface area contributed by atoms with Crippen molar-refractivity contribution in [3.8, 4) is 11.5 Å². The van der Waals surface area contributed by atoms with E-state index in [4.69, 9.17) is 15.2 Å². The van der Waals surface area contributed by atoms with Crippen LogP contribution in [0.1, 0.15) is 12.5 Å². The topological polar surface area (TPSA) is 68.9 Å². The van der Waals surface area contributed by atoms with Crippen LogP contribution in [-0.4, -0.2) is 26.2 Å². The molecule has 0 aliphatic heterocycles. The SMILES string of the molecule is CCOc1ccccc1CCN=C(N)Nc1cccc(OC)c1. The molecule has 0 bridgehead atoms. The van der Waals surface area contributed by atoms with Gasteiger partial charge < -0.3 is 20.5 Å². The summed E-state index contributed by atoms with van der Waals surface area (Å²) in [4.78, 5) is 4.36. The number of nitrogens with zero attached hydrogens (tertiary/aromatic N) is 1. The van der Waals surface area contributed by atoms with Crippen LogP contribution in [0.25, 0.3) is 0 Å². The zero-order valence-electron chi connectivity index (χ0n) is 13.6. The first-order valence-electron chi connectivity index (χ1n) is 7.64. The zero-order chi connectivity index (χ0) is 16.5. The summed E-state index contributed by atoms with van der Waals surface area (Å²) in [6, 6.07) is 15.5. The summed E-state index contributed by atoms with van der Waals surface area (Å²) >= 11 is 0. The van der Waals surface area contributed by atoms with Crippen molar-refractivity contribution in [1.29, 1.82) is 0 Å². The Morgan fingerprint density at radius 3 is 2.78 bits per heavy atom. The van der Waals surface area contributed by atoms with Gasteiger partial charge >= 0.3 is 0 Å². The van der Waals surface area contributed by atoms with Crippen molar-refractivity contribution in [2.45, 2.75) is 13.3 Å². The molecule has 0 atom stereocenters. The lowest BCUT2D eigenvalue weighted by Crippen LogP contribution is -2.23. The molecule has 0 fully saturated rings. The zero-order valence-corrected chi connectivity index (χ0v) is 13.6. The van der Waals surface area contributed by atoms with Gasteiger partial charge in [0, 0.05) is 18.3 Å². The number of aliphatic imine (C=N–C) groups is 1. The van der Waals surface area contributed by atoms with Crippen molar-refractivity contribution in [1.82, 2.24) is 0 Å². The first-order valence-corrected chi connectivity index (χ1v) is 7.64. The average molecular weight is 313 g/mol.